The molecular weight excluding hydrogens is 258 g/mol. The molecule has 0 spiro atoms. The molecule has 1 atom stereocenters. The highest BCUT2D eigenvalue weighted by molar-refractivity contribution is 5.83. The largest absolute Gasteiger partial charge is 0.298 e. The number of hydrogen-bond acceptors (Lipinski definition) is 2. The maximum Gasteiger partial charge on any atom is 0.148 e. The van der Waals surface area contributed by atoms with Gasteiger partial charge in [-0.1, -0.05) is 75.8 Å². The van der Waals surface area contributed by atoms with Crippen LogP contribution < -0.4 is 0 Å². The van der Waals surface area contributed by atoms with Crippen molar-refractivity contribution in [3.63, 3.8) is 0 Å². The minimum atomic E-state index is 0.418. The minimum Gasteiger partial charge on any atom is -0.298 e. The van der Waals surface area contributed by atoms with Gasteiger partial charge in [-0.05, 0) is 12.0 Å². The van der Waals surface area contributed by atoms with E-state index in [4.69, 9.17) is 0 Å². The Hall–Kier alpha value is -1.15. The van der Waals surface area contributed by atoms with Gasteiger partial charge in [0.25, 0.3) is 0 Å². The van der Waals surface area contributed by atoms with Crippen LogP contribution in [0.2, 0.25) is 0 Å². The van der Waals surface area contributed by atoms with Crippen molar-refractivity contribution in [2.75, 3.05) is 6.54 Å². The Labute approximate surface area is 129 Å². The molecule has 0 amide bonds. The number of carbonyl (C=O) groups excluding carboxylic acids is 1. The molecule has 0 saturated carbocycles. The molecule has 1 saturated heterocycles. The summed E-state index contributed by atoms with van der Waals surface area (Å²) in [6.07, 6.45) is 9.94. The van der Waals surface area contributed by atoms with Crippen LogP contribution in [0.25, 0.3) is 0 Å². The second-order valence-electron chi connectivity index (χ2n) is 6.34. The lowest BCUT2D eigenvalue weighted by Gasteiger charge is -2.23. The van der Waals surface area contributed by atoms with Gasteiger partial charge in [-0.25, -0.2) is 0 Å². The van der Waals surface area contributed by atoms with E-state index < -0.39 is 0 Å². The van der Waals surface area contributed by atoms with Gasteiger partial charge in [0.2, 0.25) is 0 Å². The molecule has 21 heavy (non-hydrogen) atoms. The smallest absolute Gasteiger partial charge is 0.148 e. The second-order valence-corrected chi connectivity index (χ2v) is 6.34. The summed E-state index contributed by atoms with van der Waals surface area (Å²) in [5.41, 5.74) is 1.32. The Morgan fingerprint density at radius 1 is 1.05 bits per heavy atom. The maximum absolute atomic E-state index is 11.8. The summed E-state index contributed by atoms with van der Waals surface area (Å²) in [5.74, 6) is 0.418. The van der Waals surface area contributed by atoms with Crippen molar-refractivity contribution in [1.82, 2.24) is 4.90 Å². The predicted molar refractivity (Wildman–Crippen MR) is 88.3 cm³/mol. The first kappa shape index (κ1) is 16.2. The van der Waals surface area contributed by atoms with E-state index in [2.05, 4.69) is 36.1 Å². The first-order valence-corrected chi connectivity index (χ1v) is 8.59. The van der Waals surface area contributed by atoms with Crippen LogP contribution in [0.4, 0.5) is 0 Å². The van der Waals surface area contributed by atoms with Crippen LogP contribution >= 0.6 is 0 Å². The second kappa shape index (κ2) is 8.99. The predicted octanol–water partition coefficient (Wildman–Crippen LogP) is 4.58. The molecule has 1 heterocycles. The average molecular weight is 287 g/mol. The van der Waals surface area contributed by atoms with Gasteiger partial charge in [0.05, 0.1) is 6.54 Å². The van der Waals surface area contributed by atoms with Crippen molar-refractivity contribution in [2.45, 2.75) is 70.9 Å². The number of unbranched alkanes of at least 4 members (excludes halogenated alkanes) is 5. The monoisotopic (exact) mass is 287 g/mol. The highest BCUT2D eigenvalue weighted by Gasteiger charge is 2.29. The van der Waals surface area contributed by atoms with Crippen LogP contribution in [0.5, 0.6) is 0 Å². The van der Waals surface area contributed by atoms with E-state index in [9.17, 15) is 4.79 Å². The molecule has 0 N–H and O–H groups in total. The molecule has 1 aromatic rings. The molecule has 2 heteroatoms. The number of carbonyl (C=O) groups is 1. The SMILES string of the molecule is CCCCCCCCC1CC(=O)CN1Cc1ccccc1. The molecule has 2 nitrogen and oxygen atoms in total. The van der Waals surface area contributed by atoms with E-state index in [1.165, 1.54) is 50.5 Å². The Kier molecular flexibility index (Phi) is 6.94. The first-order chi connectivity index (χ1) is 10.3. The Morgan fingerprint density at radius 2 is 1.76 bits per heavy atom. The summed E-state index contributed by atoms with van der Waals surface area (Å²) < 4.78 is 0. The van der Waals surface area contributed by atoms with E-state index >= 15 is 0 Å². The van der Waals surface area contributed by atoms with E-state index in [0.29, 0.717) is 18.4 Å². The quantitative estimate of drug-likeness (QED) is 0.620. The highest BCUT2D eigenvalue weighted by Crippen LogP contribution is 2.22. The van der Waals surface area contributed by atoms with Crippen LogP contribution in [0.1, 0.15) is 63.9 Å². The number of rotatable bonds is 9. The molecule has 116 valence electrons. The lowest BCUT2D eigenvalue weighted by Crippen LogP contribution is -2.29. The van der Waals surface area contributed by atoms with Crippen molar-refractivity contribution >= 4 is 5.78 Å². The average Bonchev–Trinajstić information content (AvgIpc) is 2.83. The third-order valence-electron chi connectivity index (χ3n) is 4.48. The van der Waals surface area contributed by atoms with E-state index in [0.717, 1.165) is 13.0 Å². The lowest BCUT2D eigenvalue weighted by atomic mass is 10.0. The Bertz CT molecular complexity index is 415. The van der Waals surface area contributed by atoms with Gasteiger partial charge in [-0.2, -0.15) is 0 Å². The molecule has 1 aliphatic rings. The fraction of sp³-hybridized carbons (Fsp3) is 0.632. The summed E-state index contributed by atoms with van der Waals surface area (Å²) in [5, 5.41) is 0. The fourth-order valence-electron chi connectivity index (χ4n) is 3.26. The number of benzene rings is 1. The topological polar surface area (TPSA) is 20.3 Å². The third kappa shape index (κ3) is 5.62. The van der Waals surface area contributed by atoms with Gasteiger partial charge in [-0.3, -0.25) is 9.69 Å². The molecule has 1 fully saturated rings. The molecule has 0 radical (unpaired) electrons. The van der Waals surface area contributed by atoms with Crippen molar-refractivity contribution in [3.8, 4) is 0 Å². The standard InChI is InChI=1S/C19H29NO/c1-2-3-4-5-6-10-13-18-14-19(21)16-20(18)15-17-11-8-7-9-12-17/h7-9,11-12,18H,2-6,10,13-16H2,1H3. The number of hydrogen-bond donors (Lipinski definition) is 0. The number of likely N-dealkylation sites (tertiary alicyclic amines) is 1. The molecule has 0 bridgehead atoms. The van der Waals surface area contributed by atoms with Gasteiger partial charge in [0, 0.05) is 19.0 Å². The zero-order valence-electron chi connectivity index (χ0n) is 13.4. The summed E-state index contributed by atoms with van der Waals surface area (Å²) in [6, 6.07) is 11.0. The van der Waals surface area contributed by atoms with Crippen LogP contribution in [0.3, 0.4) is 0 Å². The molecule has 1 aliphatic heterocycles. The van der Waals surface area contributed by atoms with Gasteiger partial charge >= 0.3 is 0 Å². The summed E-state index contributed by atoms with van der Waals surface area (Å²) in [7, 11) is 0. The lowest BCUT2D eigenvalue weighted by molar-refractivity contribution is -0.117. The minimum absolute atomic E-state index is 0.418. The number of Topliss-reactive ketones (excluding diaryl/α,β-unsaturated/α-hetero) is 1. The number of nitrogens with zero attached hydrogens (tertiary/aromatic N) is 1. The van der Waals surface area contributed by atoms with Gasteiger partial charge in [-0.15, -0.1) is 0 Å². The summed E-state index contributed by atoms with van der Waals surface area (Å²) >= 11 is 0. The summed E-state index contributed by atoms with van der Waals surface area (Å²) in [4.78, 5) is 14.2. The van der Waals surface area contributed by atoms with Gasteiger partial charge < -0.3 is 0 Å². The van der Waals surface area contributed by atoms with Crippen molar-refractivity contribution < 1.29 is 4.79 Å². The van der Waals surface area contributed by atoms with Crippen LogP contribution in [-0.4, -0.2) is 23.3 Å². The highest BCUT2D eigenvalue weighted by atomic mass is 16.1. The zero-order valence-corrected chi connectivity index (χ0v) is 13.4. The van der Waals surface area contributed by atoms with Crippen LogP contribution in [0, 0.1) is 0 Å². The zero-order chi connectivity index (χ0) is 14.9. The van der Waals surface area contributed by atoms with Crippen molar-refractivity contribution in [2.24, 2.45) is 0 Å². The first-order valence-electron chi connectivity index (χ1n) is 8.59. The molecule has 1 unspecified atom stereocenters. The molecule has 1 aromatic carbocycles. The van der Waals surface area contributed by atoms with E-state index in [1.807, 2.05) is 6.07 Å². The van der Waals surface area contributed by atoms with Crippen molar-refractivity contribution in [3.05, 3.63) is 35.9 Å². The van der Waals surface area contributed by atoms with Crippen LogP contribution in [0.15, 0.2) is 30.3 Å². The Balaban J connectivity index is 1.73. The Morgan fingerprint density at radius 3 is 2.52 bits per heavy atom. The maximum atomic E-state index is 11.8. The molecular formula is C19H29NO. The van der Waals surface area contributed by atoms with Crippen LogP contribution in [-0.2, 0) is 11.3 Å². The number of ketones is 1. The van der Waals surface area contributed by atoms with E-state index in [-0.39, 0.29) is 0 Å². The fourth-order valence-corrected chi connectivity index (χ4v) is 3.26. The van der Waals surface area contributed by atoms with E-state index in [1.54, 1.807) is 0 Å². The third-order valence-corrected chi connectivity index (χ3v) is 4.48. The van der Waals surface area contributed by atoms with Crippen molar-refractivity contribution in [1.29, 1.82) is 0 Å². The van der Waals surface area contributed by atoms with Gasteiger partial charge in [0.15, 0.2) is 0 Å². The molecule has 0 aromatic heterocycles. The molecule has 2 rings (SSSR count). The normalized spacial score (nSPS) is 19.3. The van der Waals surface area contributed by atoms with Gasteiger partial charge in [0.1, 0.15) is 5.78 Å². The summed E-state index contributed by atoms with van der Waals surface area (Å²) in [6.45, 7) is 3.83. The molecule has 0 aliphatic carbocycles.